The van der Waals surface area contributed by atoms with Gasteiger partial charge in [-0.1, -0.05) is 18.2 Å². The van der Waals surface area contributed by atoms with Gasteiger partial charge >= 0.3 is 6.03 Å². The number of carbonyl (C=O) groups is 4. The molecule has 2 fully saturated rings. The second-order valence-electron chi connectivity index (χ2n) is 9.02. The van der Waals surface area contributed by atoms with Crippen LogP contribution < -0.4 is 10.1 Å². The summed E-state index contributed by atoms with van der Waals surface area (Å²) in [6.45, 7) is 2.56. The number of fused-ring (bicyclic) bond motifs is 1. The van der Waals surface area contributed by atoms with Crippen molar-refractivity contribution in [3.05, 3.63) is 66.1 Å². The molecule has 1 N–H and O–H groups in total. The lowest BCUT2D eigenvalue weighted by molar-refractivity contribution is -0.139. The Labute approximate surface area is 207 Å². The summed E-state index contributed by atoms with van der Waals surface area (Å²) in [6, 6.07) is 13.8. The number of nitrogens with one attached hydrogen (secondary N) is 1. The SMILES string of the molecule is COc1ccc2cc(C3(C)NC(=O)N(CC(=O)N4CCN(C(=O)c5ccco5)CC4)C3=O)ccc2c1. The number of hydrogen-bond donors (Lipinski definition) is 1. The summed E-state index contributed by atoms with van der Waals surface area (Å²) in [7, 11) is 1.60. The van der Waals surface area contributed by atoms with Crippen LogP contribution in [-0.4, -0.2) is 78.3 Å². The van der Waals surface area contributed by atoms with Crippen LogP contribution in [0.3, 0.4) is 0 Å². The fourth-order valence-corrected chi connectivity index (χ4v) is 4.65. The van der Waals surface area contributed by atoms with E-state index in [0.717, 1.165) is 21.4 Å². The fourth-order valence-electron chi connectivity index (χ4n) is 4.65. The number of methoxy groups -OCH3 is 1. The van der Waals surface area contributed by atoms with Gasteiger partial charge in [0.2, 0.25) is 5.91 Å². The minimum atomic E-state index is -1.29. The van der Waals surface area contributed by atoms with Gasteiger partial charge in [-0.25, -0.2) is 4.79 Å². The lowest BCUT2D eigenvalue weighted by Gasteiger charge is -2.34. The van der Waals surface area contributed by atoms with Crippen LogP contribution in [0.4, 0.5) is 4.79 Å². The molecule has 0 radical (unpaired) electrons. The molecule has 0 spiro atoms. The maximum absolute atomic E-state index is 13.4. The third kappa shape index (κ3) is 4.04. The van der Waals surface area contributed by atoms with Crippen LogP contribution in [0, 0.1) is 0 Å². The van der Waals surface area contributed by atoms with E-state index < -0.39 is 17.5 Å². The Hall–Kier alpha value is -4.34. The lowest BCUT2D eigenvalue weighted by Crippen LogP contribution is -2.53. The molecular weight excluding hydrogens is 464 g/mol. The van der Waals surface area contributed by atoms with E-state index in [-0.39, 0.29) is 24.1 Å². The summed E-state index contributed by atoms with van der Waals surface area (Å²) in [4.78, 5) is 55.6. The Bertz CT molecular complexity index is 1350. The van der Waals surface area contributed by atoms with Gasteiger partial charge < -0.3 is 24.3 Å². The first-order valence-electron chi connectivity index (χ1n) is 11.6. The topological polar surface area (TPSA) is 112 Å². The van der Waals surface area contributed by atoms with Crippen molar-refractivity contribution in [3.8, 4) is 5.75 Å². The predicted octanol–water partition coefficient (Wildman–Crippen LogP) is 2.19. The fraction of sp³-hybridized carbons (Fsp3) is 0.308. The maximum Gasteiger partial charge on any atom is 0.325 e. The molecule has 3 aromatic rings. The number of urea groups is 1. The molecule has 5 amide bonds. The summed E-state index contributed by atoms with van der Waals surface area (Å²) < 4.78 is 10.4. The number of nitrogens with zero attached hydrogens (tertiary/aromatic N) is 3. The average Bonchev–Trinajstić information content (AvgIpc) is 3.51. The normalized spacial score (nSPS) is 20.1. The number of benzene rings is 2. The Morgan fingerprint density at radius 2 is 1.69 bits per heavy atom. The van der Waals surface area contributed by atoms with E-state index in [1.54, 1.807) is 42.0 Å². The van der Waals surface area contributed by atoms with Gasteiger partial charge in [-0.05, 0) is 53.6 Å². The highest BCUT2D eigenvalue weighted by Gasteiger charge is 2.50. The molecule has 1 atom stereocenters. The molecule has 36 heavy (non-hydrogen) atoms. The maximum atomic E-state index is 13.4. The van der Waals surface area contributed by atoms with E-state index in [1.165, 1.54) is 6.26 Å². The highest BCUT2D eigenvalue weighted by atomic mass is 16.5. The standard InChI is InChI=1S/C26H26N4O6/c1-26(19-7-5-18-15-20(35-2)8-6-17(18)14-19)24(33)30(25(34)27-26)16-22(31)28-9-11-29(12-10-28)23(32)21-4-3-13-36-21/h3-8,13-15H,9-12,16H2,1-2H3,(H,27,34). The van der Waals surface area contributed by atoms with Crippen LogP contribution in [0.1, 0.15) is 23.0 Å². The van der Waals surface area contributed by atoms with E-state index >= 15 is 0 Å². The zero-order valence-corrected chi connectivity index (χ0v) is 20.0. The van der Waals surface area contributed by atoms with Crippen molar-refractivity contribution in [1.29, 1.82) is 0 Å². The molecule has 1 aromatic heterocycles. The zero-order valence-electron chi connectivity index (χ0n) is 20.0. The van der Waals surface area contributed by atoms with Crippen LogP contribution in [0.5, 0.6) is 5.75 Å². The molecule has 2 aliphatic rings. The Morgan fingerprint density at radius 1 is 1.00 bits per heavy atom. The van der Waals surface area contributed by atoms with Gasteiger partial charge in [0, 0.05) is 26.2 Å². The molecule has 2 aliphatic heterocycles. The smallest absolute Gasteiger partial charge is 0.325 e. The molecular formula is C26H26N4O6. The molecule has 5 rings (SSSR count). The summed E-state index contributed by atoms with van der Waals surface area (Å²) in [5, 5.41) is 4.59. The molecule has 10 nitrogen and oxygen atoms in total. The zero-order chi connectivity index (χ0) is 25.4. The molecule has 0 aliphatic carbocycles. The second-order valence-corrected chi connectivity index (χ2v) is 9.02. The number of rotatable bonds is 5. The highest BCUT2D eigenvalue weighted by Crippen LogP contribution is 2.32. The van der Waals surface area contributed by atoms with E-state index in [2.05, 4.69) is 5.32 Å². The Kier molecular flexibility index (Phi) is 5.87. The van der Waals surface area contributed by atoms with Gasteiger partial charge in [-0.15, -0.1) is 0 Å². The minimum Gasteiger partial charge on any atom is -0.497 e. The van der Waals surface area contributed by atoms with Crippen molar-refractivity contribution >= 4 is 34.5 Å². The van der Waals surface area contributed by atoms with Gasteiger partial charge in [-0.3, -0.25) is 19.3 Å². The van der Waals surface area contributed by atoms with Crippen LogP contribution in [0.2, 0.25) is 0 Å². The van der Waals surface area contributed by atoms with Crippen molar-refractivity contribution in [2.75, 3.05) is 39.8 Å². The molecule has 186 valence electrons. The van der Waals surface area contributed by atoms with E-state index in [4.69, 9.17) is 9.15 Å². The van der Waals surface area contributed by atoms with Gasteiger partial charge in [0.15, 0.2) is 5.76 Å². The number of amides is 5. The van der Waals surface area contributed by atoms with Crippen molar-refractivity contribution in [2.24, 2.45) is 0 Å². The third-order valence-corrected chi connectivity index (χ3v) is 6.84. The van der Waals surface area contributed by atoms with Gasteiger partial charge in [0.25, 0.3) is 11.8 Å². The minimum absolute atomic E-state index is 0.231. The van der Waals surface area contributed by atoms with Crippen molar-refractivity contribution in [1.82, 2.24) is 20.0 Å². The van der Waals surface area contributed by atoms with Crippen molar-refractivity contribution < 1.29 is 28.3 Å². The summed E-state index contributed by atoms with van der Waals surface area (Å²) in [6.07, 6.45) is 1.44. The molecule has 10 heteroatoms. The van der Waals surface area contributed by atoms with E-state index in [9.17, 15) is 19.2 Å². The third-order valence-electron chi connectivity index (χ3n) is 6.84. The predicted molar refractivity (Wildman–Crippen MR) is 129 cm³/mol. The Balaban J connectivity index is 1.25. The molecule has 1 unspecified atom stereocenters. The van der Waals surface area contributed by atoms with E-state index in [0.29, 0.717) is 31.7 Å². The first-order chi connectivity index (χ1) is 17.3. The monoisotopic (exact) mass is 490 g/mol. The molecule has 0 bridgehead atoms. The lowest BCUT2D eigenvalue weighted by atomic mass is 9.90. The first kappa shape index (κ1) is 23.4. The van der Waals surface area contributed by atoms with Crippen LogP contribution in [-0.2, 0) is 15.1 Å². The quantitative estimate of drug-likeness (QED) is 0.549. The average molecular weight is 491 g/mol. The molecule has 0 saturated carbocycles. The van der Waals surface area contributed by atoms with Gasteiger partial charge in [0.05, 0.1) is 13.4 Å². The summed E-state index contributed by atoms with van der Waals surface area (Å²) in [5.41, 5.74) is -0.668. The first-order valence-corrected chi connectivity index (χ1v) is 11.6. The summed E-state index contributed by atoms with van der Waals surface area (Å²) >= 11 is 0. The number of piperazine rings is 1. The number of furan rings is 1. The number of imide groups is 1. The van der Waals surface area contributed by atoms with Gasteiger partial charge in [0.1, 0.15) is 17.8 Å². The van der Waals surface area contributed by atoms with Crippen molar-refractivity contribution in [2.45, 2.75) is 12.5 Å². The largest absolute Gasteiger partial charge is 0.497 e. The number of hydrogen-bond acceptors (Lipinski definition) is 6. The molecule has 2 aromatic carbocycles. The van der Waals surface area contributed by atoms with E-state index in [1.807, 2.05) is 30.3 Å². The second kappa shape index (κ2) is 9.03. The molecule has 3 heterocycles. The van der Waals surface area contributed by atoms with Crippen molar-refractivity contribution in [3.63, 3.8) is 0 Å². The Morgan fingerprint density at radius 3 is 2.39 bits per heavy atom. The van der Waals surface area contributed by atoms with Crippen LogP contribution >= 0.6 is 0 Å². The number of ether oxygens (including phenoxy) is 1. The highest BCUT2D eigenvalue weighted by molar-refractivity contribution is 6.09. The van der Waals surface area contributed by atoms with Crippen LogP contribution in [0.15, 0.2) is 59.2 Å². The number of carbonyl (C=O) groups excluding carboxylic acids is 4. The molecule has 2 saturated heterocycles. The van der Waals surface area contributed by atoms with Gasteiger partial charge in [-0.2, -0.15) is 0 Å². The summed E-state index contributed by atoms with van der Waals surface area (Å²) in [5.74, 6) is -0.0895. The van der Waals surface area contributed by atoms with Crippen LogP contribution in [0.25, 0.3) is 10.8 Å².